The average Bonchev–Trinajstić information content (AvgIpc) is 3.22. The van der Waals surface area contributed by atoms with Crippen molar-refractivity contribution >= 4 is 30.8 Å². The van der Waals surface area contributed by atoms with Crippen molar-refractivity contribution in [2.45, 2.75) is 41.5 Å². The van der Waals surface area contributed by atoms with Gasteiger partial charge in [0.05, 0.1) is 13.2 Å². The van der Waals surface area contributed by atoms with E-state index in [1.54, 1.807) is 0 Å². The van der Waals surface area contributed by atoms with Crippen LogP contribution in [-0.2, 0) is 9.31 Å². The zero-order chi connectivity index (χ0) is 17.2. The molecule has 0 N–H and O–H groups in total. The maximum absolute atomic E-state index is 5.78. The van der Waals surface area contributed by atoms with Crippen LogP contribution >= 0.6 is 0 Å². The average molecular weight is 318 g/mol. The van der Waals surface area contributed by atoms with Crippen molar-refractivity contribution in [1.82, 2.24) is 0 Å². The molecule has 2 aliphatic heterocycles. The molecule has 2 aromatic rings. The molecule has 0 spiro atoms. The number of aryl methyl sites for hydroxylation is 1. The zero-order valence-corrected chi connectivity index (χ0v) is 15.6. The Balaban J connectivity index is 1.97. The molecule has 4 rings (SSSR count). The molecule has 2 nitrogen and oxygen atoms in total. The Bertz CT molecular complexity index is 865. The minimum absolute atomic E-state index is 0.191. The van der Waals surface area contributed by atoms with Gasteiger partial charge in [0, 0.05) is 0 Å². The van der Waals surface area contributed by atoms with E-state index in [4.69, 9.17) is 9.31 Å². The lowest BCUT2D eigenvalue weighted by Crippen LogP contribution is -2.39. The normalized spacial score (nSPS) is 15.5. The first-order chi connectivity index (χ1) is 11.4. The molecule has 2 heterocycles. The minimum atomic E-state index is -0.191. The van der Waals surface area contributed by atoms with E-state index in [2.05, 4.69) is 47.6 Å². The quantitative estimate of drug-likeness (QED) is 0.635. The van der Waals surface area contributed by atoms with Crippen LogP contribution in [0.2, 0.25) is 0 Å². The Morgan fingerprint density at radius 2 is 1.33 bits per heavy atom. The molecule has 0 atom stereocenters. The second-order valence-electron chi connectivity index (χ2n) is 7.37. The van der Waals surface area contributed by atoms with E-state index in [0.29, 0.717) is 13.2 Å². The summed E-state index contributed by atoms with van der Waals surface area (Å²) < 4.78 is 11.6. The number of benzene rings is 2. The fourth-order valence-electron chi connectivity index (χ4n) is 4.49. The molecule has 0 bridgehead atoms. The number of fused-ring (bicyclic) bond motifs is 3. The van der Waals surface area contributed by atoms with Gasteiger partial charge in [-0.2, -0.15) is 0 Å². The second-order valence-corrected chi connectivity index (χ2v) is 7.37. The Morgan fingerprint density at radius 1 is 0.750 bits per heavy atom. The molecule has 0 amide bonds. The van der Waals surface area contributed by atoms with E-state index in [1.807, 2.05) is 0 Å². The van der Waals surface area contributed by atoms with Gasteiger partial charge in [-0.05, 0) is 80.4 Å². The smallest absolute Gasteiger partial charge is 0.405 e. The summed E-state index contributed by atoms with van der Waals surface area (Å²) in [5, 5.41) is 0. The topological polar surface area (TPSA) is 18.5 Å². The predicted molar refractivity (Wildman–Crippen MR) is 104 cm³/mol. The van der Waals surface area contributed by atoms with Gasteiger partial charge in [-0.3, -0.25) is 0 Å². The molecule has 4 heteroatoms. The van der Waals surface area contributed by atoms with Gasteiger partial charge in [0.15, 0.2) is 7.28 Å². The summed E-state index contributed by atoms with van der Waals surface area (Å²) in [4.78, 5) is 0. The van der Waals surface area contributed by atoms with Gasteiger partial charge in [-0.25, -0.2) is 0 Å². The van der Waals surface area contributed by atoms with E-state index < -0.39 is 0 Å². The van der Waals surface area contributed by atoms with Crippen molar-refractivity contribution in [2.24, 2.45) is 0 Å². The number of hydrogen-bond donors (Lipinski definition) is 0. The maximum Gasteiger partial charge on any atom is 0.494 e. The molecular weight excluding hydrogens is 294 g/mol. The minimum Gasteiger partial charge on any atom is -0.405 e. The highest BCUT2D eigenvalue weighted by Crippen LogP contribution is 2.32. The molecular formula is C20H24B2O2. The molecule has 0 radical (unpaired) electrons. The predicted octanol–water partition coefficient (Wildman–Crippen LogP) is 1.65. The van der Waals surface area contributed by atoms with Crippen molar-refractivity contribution in [3.63, 3.8) is 0 Å². The van der Waals surface area contributed by atoms with Crippen LogP contribution in [-0.4, -0.2) is 27.6 Å². The van der Waals surface area contributed by atoms with Gasteiger partial charge in [0.25, 0.3) is 0 Å². The van der Waals surface area contributed by atoms with Crippen LogP contribution in [0.25, 0.3) is 11.1 Å². The molecule has 0 saturated carbocycles. The van der Waals surface area contributed by atoms with Gasteiger partial charge in [-0.15, -0.1) is 0 Å². The Hall–Kier alpha value is -1.51. The van der Waals surface area contributed by atoms with E-state index in [9.17, 15) is 0 Å². The van der Waals surface area contributed by atoms with Gasteiger partial charge in [0.2, 0.25) is 0 Å². The maximum atomic E-state index is 5.78. The highest BCUT2D eigenvalue weighted by Gasteiger charge is 2.34. The van der Waals surface area contributed by atoms with Gasteiger partial charge < -0.3 is 9.31 Å². The second kappa shape index (κ2) is 5.50. The third kappa shape index (κ3) is 2.06. The summed E-state index contributed by atoms with van der Waals surface area (Å²) >= 11 is 0. The SMILES string of the molecule is Cc1cc(B2OCCO2)c(C)c2c1-c1c(C)c(C)c(C)c(C)c1B2. The van der Waals surface area contributed by atoms with Crippen molar-refractivity contribution in [1.29, 1.82) is 0 Å². The van der Waals surface area contributed by atoms with Gasteiger partial charge in [-0.1, -0.05) is 28.1 Å². The van der Waals surface area contributed by atoms with E-state index in [-0.39, 0.29) is 7.12 Å². The van der Waals surface area contributed by atoms with Crippen LogP contribution in [0.1, 0.15) is 33.4 Å². The fraction of sp³-hybridized carbons (Fsp3) is 0.400. The molecule has 0 aliphatic carbocycles. The molecule has 0 unspecified atom stereocenters. The van der Waals surface area contributed by atoms with E-state index >= 15 is 0 Å². The van der Waals surface area contributed by atoms with Crippen LogP contribution in [0.3, 0.4) is 0 Å². The summed E-state index contributed by atoms with van der Waals surface area (Å²) in [7, 11) is 0.842. The third-order valence-corrected chi connectivity index (χ3v) is 6.25. The molecule has 0 aromatic heterocycles. The Morgan fingerprint density at radius 3 is 2.00 bits per heavy atom. The van der Waals surface area contributed by atoms with Gasteiger partial charge in [0.1, 0.15) is 0 Å². The van der Waals surface area contributed by atoms with Crippen LogP contribution < -0.4 is 16.4 Å². The summed E-state index contributed by atoms with van der Waals surface area (Å²) in [6.45, 7) is 14.9. The molecule has 1 saturated heterocycles. The third-order valence-electron chi connectivity index (χ3n) is 6.25. The molecule has 24 heavy (non-hydrogen) atoms. The molecule has 2 aromatic carbocycles. The number of hydrogen-bond acceptors (Lipinski definition) is 2. The molecule has 1 fully saturated rings. The molecule has 122 valence electrons. The first-order valence-electron chi connectivity index (χ1n) is 8.87. The van der Waals surface area contributed by atoms with Crippen LogP contribution in [0.4, 0.5) is 0 Å². The van der Waals surface area contributed by atoms with Crippen LogP contribution in [0.15, 0.2) is 6.07 Å². The fourth-order valence-corrected chi connectivity index (χ4v) is 4.49. The van der Waals surface area contributed by atoms with Crippen molar-refractivity contribution < 1.29 is 9.31 Å². The van der Waals surface area contributed by atoms with E-state index in [1.165, 1.54) is 60.9 Å². The van der Waals surface area contributed by atoms with Crippen LogP contribution in [0.5, 0.6) is 0 Å². The first-order valence-corrected chi connectivity index (χ1v) is 8.87. The standard InChI is InChI=1S/C20H24B2O2/c1-10-9-16(22-23-7-8-24-22)15(6)20-17(10)18-13(4)11(2)12(3)14(5)19(18)21-20/h9,21H,7-8H2,1-6H3. The van der Waals surface area contributed by atoms with E-state index in [0.717, 1.165) is 7.28 Å². The first kappa shape index (κ1) is 16.0. The van der Waals surface area contributed by atoms with Gasteiger partial charge >= 0.3 is 7.12 Å². The summed E-state index contributed by atoms with van der Waals surface area (Å²) in [6.07, 6.45) is 0. The lowest BCUT2D eigenvalue weighted by atomic mass is 9.61. The lowest BCUT2D eigenvalue weighted by Gasteiger charge is -2.19. The van der Waals surface area contributed by atoms with Crippen molar-refractivity contribution in [3.05, 3.63) is 39.4 Å². The number of rotatable bonds is 1. The highest BCUT2D eigenvalue weighted by atomic mass is 16.6. The zero-order valence-electron chi connectivity index (χ0n) is 15.6. The highest BCUT2D eigenvalue weighted by molar-refractivity contribution is 6.75. The van der Waals surface area contributed by atoms with Crippen molar-refractivity contribution in [2.75, 3.05) is 13.2 Å². The summed E-state index contributed by atoms with van der Waals surface area (Å²) in [5.74, 6) is 0. The van der Waals surface area contributed by atoms with Crippen LogP contribution in [0, 0.1) is 41.5 Å². The Kier molecular flexibility index (Phi) is 3.67. The monoisotopic (exact) mass is 318 g/mol. The Labute approximate surface area is 146 Å². The lowest BCUT2D eigenvalue weighted by molar-refractivity contribution is 0.365. The van der Waals surface area contributed by atoms with Crippen molar-refractivity contribution in [3.8, 4) is 11.1 Å². The summed E-state index contributed by atoms with van der Waals surface area (Å²) in [6, 6.07) is 2.28. The largest absolute Gasteiger partial charge is 0.494 e. The summed E-state index contributed by atoms with van der Waals surface area (Å²) in [5.41, 5.74) is 15.6. The molecule has 2 aliphatic rings.